The minimum atomic E-state index is -3.33. The monoisotopic (exact) mass is 218 g/mol. The molecule has 0 amide bonds. The fourth-order valence-corrected chi connectivity index (χ4v) is 1.59. The summed E-state index contributed by atoms with van der Waals surface area (Å²) in [7, 11) is -3.33. The van der Waals surface area contributed by atoms with Crippen LogP contribution in [-0.4, -0.2) is 0 Å². The van der Waals surface area contributed by atoms with Crippen molar-refractivity contribution in [3.63, 3.8) is 0 Å². The van der Waals surface area contributed by atoms with Gasteiger partial charge in [0.15, 0.2) is 0 Å². The summed E-state index contributed by atoms with van der Waals surface area (Å²) < 4.78 is 28.7. The molecule has 0 unspecified atom stereocenters. The average Bonchev–Trinajstić information content (AvgIpc) is 2.07. The van der Waals surface area contributed by atoms with Crippen LogP contribution in [0.5, 0.6) is 5.75 Å². The highest BCUT2D eigenvalue weighted by Gasteiger charge is 2.13. The molecule has 0 aliphatic carbocycles. The maximum Gasteiger partial charge on any atom is 0.481 e. The molecule has 0 aromatic heterocycles. The summed E-state index contributed by atoms with van der Waals surface area (Å²) in [6.45, 7) is 5.85. The normalized spacial score (nSPS) is 11.1. The minimum absolute atomic E-state index is 0.194. The van der Waals surface area contributed by atoms with Crippen LogP contribution in [0.3, 0.4) is 0 Å². The Kier molecular flexibility index (Phi) is 3.82. The summed E-state index contributed by atoms with van der Waals surface area (Å²) in [5.41, 5.74) is 1.90. The van der Waals surface area contributed by atoms with Crippen molar-refractivity contribution in [1.29, 1.82) is 0 Å². The lowest BCUT2D eigenvalue weighted by atomic mass is 10.0. The zero-order valence-electron chi connectivity index (χ0n) is 8.42. The van der Waals surface area contributed by atoms with Crippen LogP contribution in [-0.2, 0) is 0 Å². The molecule has 78 valence electrons. The van der Waals surface area contributed by atoms with E-state index in [4.69, 9.17) is 0 Å². The van der Waals surface area contributed by atoms with Gasteiger partial charge in [-0.2, -0.15) is 0 Å². The first-order chi connectivity index (χ1) is 6.50. The third-order valence-corrected chi connectivity index (χ3v) is 2.29. The van der Waals surface area contributed by atoms with Crippen LogP contribution < -0.4 is 4.52 Å². The van der Waals surface area contributed by atoms with Gasteiger partial charge in [0.25, 0.3) is 0 Å². The Morgan fingerprint density at radius 2 is 1.93 bits per heavy atom. The highest BCUT2D eigenvalue weighted by Crippen LogP contribution is 2.43. The number of benzene rings is 1. The Hall–Kier alpha value is -0.690. The van der Waals surface area contributed by atoms with Crippen molar-refractivity contribution >= 4 is 8.77 Å². The lowest BCUT2D eigenvalue weighted by molar-refractivity contribution is 0.499. The maximum absolute atomic E-state index is 12.1. The fraction of sp³-hybridized carbons (Fsp3) is 0.400. The van der Waals surface area contributed by atoms with Gasteiger partial charge in [-0.3, -0.25) is 0 Å². The molecule has 0 atom stereocenters. The standard InChI is InChI=1S/C10H13F2OP/c1-7(2)9-6-8(3)4-5-10(9)13-14(11)12/h4-7H,1-3H3. The molecule has 1 rings (SSSR count). The van der Waals surface area contributed by atoms with Crippen LogP contribution >= 0.6 is 8.77 Å². The van der Waals surface area contributed by atoms with Crippen LogP contribution in [0.1, 0.15) is 30.9 Å². The Balaban J connectivity index is 3.02. The summed E-state index contributed by atoms with van der Waals surface area (Å²) in [6.07, 6.45) is 0. The molecule has 14 heavy (non-hydrogen) atoms. The summed E-state index contributed by atoms with van der Waals surface area (Å²) in [5, 5.41) is 0. The fourth-order valence-electron chi connectivity index (χ4n) is 1.28. The van der Waals surface area contributed by atoms with Crippen molar-refractivity contribution < 1.29 is 12.9 Å². The van der Waals surface area contributed by atoms with Gasteiger partial charge >= 0.3 is 8.77 Å². The zero-order valence-corrected chi connectivity index (χ0v) is 9.32. The topological polar surface area (TPSA) is 9.23 Å². The summed E-state index contributed by atoms with van der Waals surface area (Å²) in [6, 6.07) is 5.28. The molecule has 0 saturated heterocycles. The molecular formula is C10H13F2OP. The third-order valence-electron chi connectivity index (χ3n) is 1.95. The first-order valence-electron chi connectivity index (χ1n) is 4.41. The molecule has 0 aliphatic heterocycles. The second-order valence-electron chi connectivity index (χ2n) is 3.49. The van der Waals surface area contributed by atoms with E-state index in [1.165, 1.54) is 0 Å². The van der Waals surface area contributed by atoms with E-state index in [9.17, 15) is 8.39 Å². The van der Waals surface area contributed by atoms with E-state index in [1.54, 1.807) is 12.1 Å². The molecule has 0 heterocycles. The van der Waals surface area contributed by atoms with E-state index in [1.807, 2.05) is 26.8 Å². The molecule has 4 heteroatoms. The highest BCUT2D eigenvalue weighted by atomic mass is 31.2. The molecular weight excluding hydrogens is 205 g/mol. The third kappa shape index (κ3) is 2.91. The van der Waals surface area contributed by atoms with Gasteiger partial charge < -0.3 is 4.52 Å². The Labute approximate surface area is 84.2 Å². The molecule has 0 aliphatic rings. The number of hydrogen-bond acceptors (Lipinski definition) is 1. The van der Waals surface area contributed by atoms with Gasteiger partial charge in [-0.05, 0) is 24.5 Å². The van der Waals surface area contributed by atoms with Crippen molar-refractivity contribution in [2.45, 2.75) is 26.7 Å². The van der Waals surface area contributed by atoms with Crippen molar-refractivity contribution in [2.24, 2.45) is 0 Å². The van der Waals surface area contributed by atoms with Crippen LogP contribution in [0, 0.1) is 6.92 Å². The van der Waals surface area contributed by atoms with Gasteiger partial charge in [0.1, 0.15) is 5.75 Å². The van der Waals surface area contributed by atoms with Gasteiger partial charge in [-0.1, -0.05) is 31.5 Å². The number of aryl methyl sites for hydroxylation is 1. The molecule has 0 bridgehead atoms. The first kappa shape index (κ1) is 11.4. The summed E-state index contributed by atoms with van der Waals surface area (Å²) >= 11 is 0. The van der Waals surface area contributed by atoms with Crippen LogP contribution in [0.4, 0.5) is 8.39 Å². The predicted octanol–water partition coefficient (Wildman–Crippen LogP) is 4.66. The lowest BCUT2D eigenvalue weighted by Gasteiger charge is -2.12. The smallest absolute Gasteiger partial charge is 0.420 e. The van der Waals surface area contributed by atoms with E-state index in [2.05, 4.69) is 4.52 Å². The SMILES string of the molecule is Cc1ccc(OP(F)F)c(C(C)C)c1. The van der Waals surface area contributed by atoms with Crippen molar-refractivity contribution in [1.82, 2.24) is 0 Å². The molecule has 1 nitrogen and oxygen atoms in total. The predicted molar refractivity (Wildman–Crippen MR) is 55.0 cm³/mol. The number of halogens is 2. The van der Waals surface area contributed by atoms with E-state index in [0.717, 1.165) is 11.1 Å². The molecule has 0 spiro atoms. The number of rotatable bonds is 3. The van der Waals surface area contributed by atoms with E-state index in [0.29, 0.717) is 5.75 Å². The largest absolute Gasteiger partial charge is 0.481 e. The van der Waals surface area contributed by atoms with E-state index < -0.39 is 8.77 Å². The second kappa shape index (κ2) is 4.70. The van der Waals surface area contributed by atoms with Gasteiger partial charge in [0.05, 0.1) is 0 Å². The Morgan fingerprint density at radius 1 is 1.29 bits per heavy atom. The van der Waals surface area contributed by atoms with Crippen LogP contribution in [0.2, 0.25) is 0 Å². The summed E-state index contributed by atoms with van der Waals surface area (Å²) in [5.74, 6) is 0.501. The van der Waals surface area contributed by atoms with Crippen molar-refractivity contribution in [3.05, 3.63) is 29.3 Å². The Morgan fingerprint density at radius 3 is 2.43 bits per heavy atom. The highest BCUT2D eigenvalue weighted by molar-refractivity contribution is 7.41. The number of hydrogen-bond donors (Lipinski definition) is 0. The van der Waals surface area contributed by atoms with Crippen molar-refractivity contribution in [2.75, 3.05) is 0 Å². The summed E-state index contributed by atoms with van der Waals surface area (Å²) in [4.78, 5) is 0. The molecule has 0 radical (unpaired) electrons. The quantitative estimate of drug-likeness (QED) is 0.670. The second-order valence-corrected chi connectivity index (χ2v) is 4.08. The van der Waals surface area contributed by atoms with Gasteiger partial charge in [0, 0.05) is 0 Å². The van der Waals surface area contributed by atoms with Crippen molar-refractivity contribution in [3.8, 4) is 5.75 Å². The van der Waals surface area contributed by atoms with Gasteiger partial charge in [-0.15, -0.1) is 8.39 Å². The van der Waals surface area contributed by atoms with Crippen LogP contribution in [0.25, 0.3) is 0 Å². The first-order valence-corrected chi connectivity index (χ1v) is 5.45. The van der Waals surface area contributed by atoms with Gasteiger partial charge in [-0.25, -0.2) is 0 Å². The molecule has 1 aromatic rings. The Bertz CT molecular complexity index is 313. The van der Waals surface area contributed by atoms with Crippen LogP contribution in [0.15, 0.2) is 18.2 Å². The van der Waals surface area contributed by atoms with Gasteiger partial charge in [0.2, 0.25) is 0 Å². The molecule has 1 aromatic carbocycles. The molecule has 0 saturated carbocycles. The lowest BCUT2D eigenvalue weighted by Crippen LogP contribution is -1.93. The molecule has 0 N–H and O–H groups in total. The van der Waals surface area contributed by atoms with E-state index in [-0.39, 0.29) is 5.92 Å². The molecule has 0 fully saturated rings. The maximum atomic E-state index is 12.1. The zero-order chi connectivity index (χ0) is 10.7. The van der Waals surface area contributed by atoms with E-state index >= 15 is 0 Å². The average molecular weight is 218 g/mol. The minimum Gasteiger partial charge on any atom is -0.420 e.